The third-order valence-electron chi connectivity index (χ3n) is 6.14. The fourth-order valence-electron chi connectivity index (χ4n) is 4.81. The number of fused-ring (bicyclic) bond motifs is 1. The summed E-state index contributed by atoms with van der Waals surface area (Å²) in [5.41, 5.74) is 2.20. The van der Waals surface area contributed by atoms with Crippen LogP contribution in [-0.4, -0.2) is 28.8 Å². The number of aryl methyl sites for hydroxylation is 1. The molecule has 0 bridgehead atoms. The summed E-state index contributed by atoms with van der Waals surface area (Å²) in [6.45, 7) is 3.35. The SMILES string of the molecule is CCCc1cc(N2CCCC3CCCCC32)nc(Nc2cccc(SC)c2)n1. The van der Waals surface area contributed by atoms with Crippen molar-refractivity contribution < 1.29 is 0 Å². The first-order valence-corrected chi connectivity index (χ1v) is 12.0. The lowest BCUT2D eigenvalue weighted by Gasteiger charge is -2.44. The third-order valence-corrected chi connectivity index (χ3v) is 6.86. The number of piperidine rings is 1. The van der Waals surface area contributed by atoms with Crippen LogP contribution in [0.3, 0.4) is 0 Å². The van der Waals surface area contributed by atoms with Crippen LogP contribution in [0.1, 0.15) is 57.6 Å². The van der Waals surface area contributed by atoms with Gasteiger partial charge >= 0.3 is 0 Å². The summed E-state index contributed by atoms with van der Waals surface area (Å²) in [5, 5.41) is 3.47. The number of thioether (sulfide) groups is 1. The minimum absolute atomic E-state index is 0.666. The summed E-state index contributed by atoms with van der Waals surface area (Å²) in [4.78, 5) is 13.6. The summed E-state index contributed by atoms with van der Waals surface area (Å²) in [7, 11) is 0. The van der Waals surface area contributed by atoms with Gasteiger partial charge in [-0.15, -0.1) is 11.8 Å². The third kappa shape index (κ3) is 4.45. The summed E-state index contributed by atoms with van der Waals surface area (Å²) in [6, 6.07) is 11.4. The van der Waals surface area contributed by atoms with E-state index >= 15 is 0 Å². The Bertz CT molecular complexity index is 792. The van der Waals surface area contributed by atoms with Crippen molar-refractivity contribution >= 4 is 29.2 Å². The molecule has 2 heterocycles. The van der Waals surface area contributed by atoms with Gasteiger partial charge in [-0.3, -0.25) is 0 Å². The van der Waals surface area contributed by atoms with E-state index in [4.69, 9.17) is 9.97 Å². The summed E-state index contributed by atoms with van der Waals surface area (Å²) < 4.78 is 0. The zero-order valence-electron chi connectivity index (χ0n) is 17.2. The minimum atomic E-state index is 0.666. The number of hydrogen-bond acceptors (Lipinski definition) is 5. The number of rotatable bonds is 6. The van der Waals surface area contributed by atoms with Crippen molar-refractivity contribution in [3.63, 3.8) is 0 Å². The summed E-state index contributed by atoms with van der Waals surface area (Å²) in [6.07, 6.45) is 12.3. The van der Waals surface area contributed by atoms with Crippen LogP contribution in [0.4, 0.5) is 17.5 Å². The number of benzene rings is 1. The van der Waals surface area contributed by atoms with Crippen LogP contribution in [0, 0.1) is 5.92 Å². The lowest BCUT2D eigenvalue weighted by Crippen LogP contribution is -2.47. The zero-order valence-corrected chi connectivity index (χ0v) is 18.0. The average molecular weight is 397 g/mol. The minimum Gasteiger partial charge on any atom is -0.353 e. The molecule has 1 aromatic heterocycles. The van der Waals surface area contributed by atoms with Crippen LogP contribution in [0.15, 0.2) is 35.2 Å². The van der Waals surface area contributed by atoms with Crippen molar-refractivity contribution in [3.05, 3.63) is 36.0 Å². The van der Waals surface area contributed by atoms with Crippen LogP contribution in [0.2, 0.25) is 0 Å². The predicted molar refractivity (Wildman–Crippen MR) is 120 cm³/mol. The highest BCUT2D eigenvalue weighted by atomic mass is 32.2. The molecule has 0 amide bonds. The normalized spacial score (nSPS) is 22.0. The van der Waals surface area contributed by atoms with E-state index in [1.54, 1.807) is 11.8 Å². The predicted octanol–water partition coefficient (Wildman–Crippen LogP) is 6.05. The van der Waals surface area contributed by atoms with Gasteiger partial charge in [0.25, 0.3) is 0 Å². The van der Waals surface area contributed by atoms with Crippen LogP contribution >= 0.6 is 11.8 Å². The Balaban J connectivity index is 1.63. The second-order valence-electron chi connectivity index (χ2n) is 8.10. The van der Waals surface area contributed by atoms with Gasteiger partial charge in [0, 0.05) is 34.9 Å². The molecule has 1 saturated carbocycles. The molecule has 150 valence electrons. The summed E-state index contributed by atoms with van der Waals surface area (Å²) >= 11 is 1.75. The van der Waals surface area contributed by atoms with Gasteiger partial charge in [0.2, 0.25) is 5.95 Å². The number of nitrogens with one attached hydrogen (secondary N) is 1. The van der Waals surface area contributed by atoms with Crippen molar-refractivity contribution in [2.75, 3.05) is 23.0 Å². The first-order chi connectivity index (χ1) is 13.8. The van der Waals surface area contributed by atoms with Crippen molar-refractivity contribution in [1.29, 1.82) is 0 Å². The molecule has 2 aromatic rings. The molecule has 1 saturated heterocycles. The Morgan fingerprint density at radius 1 is 1.11 bits per heavy atom. The smallest absolute Gasteiger partial charge is 0.229 e. The van der Waals surface area contributed by atoms with E-state index in [2.05, 4.69) is 53.7 Å². The van der Waals surface area contributed by atoms with Gasteiger partial charge in [-0.25, -0.2) is 4.98 Å². The van der Waals surface area contributed by atoms with Crippen molar-refractivity contribution in [2.24, 2.45) is 5.92 Å². The monoisotopic (exact) mass is 396 g/mol. The topological polar surface area (TPSA) is 41.1 Å². The fourth-order valence-corrected chi connectivity index (χ4v) is 5.27. The molecule has 1 aromatic carbocycles. The quantitative estimate of drug-likeness (QED) is 0.602. The molecule has 2 fully saturated rings. The van der Waals surface area contributed by atoms with Gasteiger partial charge in [-0.1, -0.05) is 32.3 Å². The molecule has 2 aliphatic rings. The van der Waals surface area contributed by atoms with Crippen LogP contribution < -0.4 is 10.2 Å². The van der Waals surface area contributed by atoms with Gasteiger partial charge in [0.05, 0.1) is 0 Å². The van der Waals surface area contributed by atoms with E-state index in [1.165, 1.54) is 43.4 Å². The number of anilines is 3. The van der Waals surface area contributed by atoms with E-state index in [0.29, 0.717) is 6.04 Å². The maximum absolute atomic E-state index is 4.98. The van der Waals surface area contributed by atoms with Crippen molar-refractivity contribution in [2.45, 2.75) is 69.2 Å². The van der Waals surface area contributed by atoms with E-state index < -0.39 is 0 Å². The van der Waals surface area contributed by atoms with E-state index in [1.807, 2.05) is 0 Å². The number of aromatic nitrogens is 2. The summed E-state index contributed by atoms with van der Waals surface area (Å²) in [5.74, 6) is 2.71. The Morgan fingerprint density at radius 3 is 2.82 bits per heavy atom. The lowest BCUT2D eigenvalue weighted by molar-refractivity contribution is 0.242. The maximum atomic E-state index is 4.98. The highest BCUT2D eigenvalue weighted by Gasteiger charge is 2.34. The first-order valence-electron chi connectivity index (χ1n) is 10.8. The number of hydrogen-bond donors (Lipinski definition) is 1. The molecular formula is C23H32N4S. The average Bonchev–Trinajstić information content (AvgIpc) is 2.73. The molecule has 28 heavy (non-hydrogen) atoms. The first kappa shape index (κ1) is 19.6. The number of nitrogens with zero attached hydrogens (tertiary/aromatic N) is 3. The van der Waals surface area contributed by atoms with Gasteiger partial charge in [0.1, 0.15) is 5.82 Å². The van der Waals surface area contributed by atoms with Gasteiger partial charge in [-0.2, -0.15) is 4.98 Å². The van der Waals surface area contributed by atoms with Crippen LogP contribution in [0.25, 0.3) is 0 Å². The van der Waals surface area contributed by atoms with Gasteiger partial charge < -0.3 is 10.2 Å². The molecule has 5 heteroatoms. The Kier molecular flexibility index (Phi) is 6.40. The molecular weight excluding hydrogens is 364 g/mol. The lowest BCUT2D eigenvalue weighted by atomic mass is 9.78. The maximum Gasteiger partial charge on any atom is 0.229 e. The Hall–Kier alpha value is -1.75. The standard InChI is InChI=1S/C23H32N4S/c1-3-8-18-16-22(27-14-7-10-17-9-4-5-13-21(17)27)26-23(24-18)25-19-11-6-12-20(15-19)28-2/h6,11-12,15-17,21H,3-5,7-10,13-14H2,1-2H3,(H,24,25,26). The van der Waals surface area contributed by atoms with E-state index in [9.17, 15) is 0 Å². The van der Waals surface area contributed by atoms with Gasteiger partial charge in [0.15, 0.2) is 0 Å². The van der Waals surface area contributed by atoms with E-state index in [-0.39, 0.29) is 0 Å². The Labute approximate surface area is 173 Å². The second-order valence-corrected chi connectivity index (χ2v) is 8.98. The highest BCUT2D eigenvalue weighted by Crippen LogP contribution is 2.37. The molecule has 1 aliphatic carbocycles. The molecule has 0 radical (unpaired) electrons. The molecule has 2 unspecified atom stereocenters. The molecule has 1 N–H and O–H groups in total. The molecule has 2 atom stereocenters. The largest absolute Gasteiger partial charge is 0.353 e. The molecule has 1 aliphatic heterocycles. The fraction of sp³-hybridized carbons (Fsp3) is 0.565. The zero-order chi connectivity index (χ0) is 19.3. The second kappa shape index (κ2) is 9.17. The van der Waals surface area contributed by atoms with Crippen LogP contribution in [-0.2, 0) is 6.42 Å². The Morgan fingerprint density at radius 2 is 1.96 bits per heavy atom. The van der Waals surface area contributed by atoms with Crippen molar-refractivity contribution in [3.8, 4) is 0 Å². The molecule has 4 nitrogen and oxygen atoms in total. The van der Waals surface area contributed by atoms with E-state index in [0.717, 1.165) is 48.5 Å². The molecule has 4 rings (SSSR count). The highest BCUT2D eigenvalue weighted by molar-refractivity contribution is 7.98. The van der Waals surface area contributed by atoms with Gasteiger partial charge in [-0.05, 0) is 62.5 Å². The molecule has 0 spiro atoms. The van der Waals surface area contributed by atoms with Crippen LogP contribution in [0.5, 0.6) is 0 Å². The van der Waals surface area contributed by atoms with Crippen molar-refractivity contribution in [1.82, 2.24) is 9.97 Å².